The van der Waals surface area contributed by atoms with Gasteiger partial charge in [-0.25, -0.2) is 0 Å². The number of carbonyl (C=O) groups is 3. The molecule has 1 saturated carbocycles. The maximum Gasteiger partial charge on any atom is 0.305 e. The first-order chi connectivity index (χ1) is 14.5. The number of nitrogens with zero attached hydrogens (tertiary/aromatic N) is 1. The highest BCUT2D eigenvalue weighted by molar-refractivity contribution is 6.31. The SMILES string of the molecule is COC(=O)CCCCCNC(=O)C1CC2CCCCC2N1C(=O)c1cccc(Cl)c1. The van der Waals surface area contributed by atoms with Gasteiger partial charge in [0, 0.05) is 29.6 Å². The van der Waals surface area contributed by atoms with Crippen LogP contribution in [0.15, 0.2) is 24.3 Å². The lowest BCUT2D eigenvalue weighted by Crippen LogP contribution is -2.49. The Morgan fingerprint density at radius 2 is 1.97 bits per heavy atom. The first-order valence-electron chi connectivity index (χ1n) is 10.9. The summed E-state index contributed by atoms with van der Waals surface area (Å²) >= 11 is 6.09. The first-order valence-corrected chi connectivity index (χ1v) is 11.3. The van der Waals surface area contributed by atoms with Crippen molar-refractivity contribution in [3.8, 4) is 0 Å². The van der Waals surface area contributed by atoms with E-state index < -0.39 is 6.04 Å². The minimum atomic E-state index is -0.431. The topological polar surface area (TPSA) is 75.7 Å². The highest BCUT2D eigenvalue weighted by Crippen LogP contribution is 2.40. The van der Waals surface area contributed by atoms with Crippen molar-refractivity contribution in [3.63, 3.8) is 0 Å². The van der Waals surface area contributed by atoms with Gasteiger partial charge in [0.05, 0.1) is 7.11 Å². The fourth-order valence-electron chi connectivity index (χ4n) is 4.76. The number of unbranched alkanes of at least 4 members (excludes halogenated alkanes) is 2. The van der Waals surface area contributed by atoms with Gasteiger partial charge in [0.2, 0.25) is 5.91 Å². The van der Waals surface area contributed by atoms with Crippen LogP contribution in [0.1, 0.15) is 68.1 Å². The van der Waals surface area contributed by atoms with E-state index >= 15 is 0 Å². The molecule has 0 aromatic heterocycles. The highest BCUT2D eigenvalue weighted by atomic mass is 35.5. The van der Waals surface area contributed by atoms with Crippen molar-refractivity contribution in [2.24, 2.45) is 5.92 Å². The summed E-state index contributed by atoms with van der Waals surface area (Å²) < 4.78 is 4.63. The fourth-order valence-corrected chi connectivity index (χ4v) is 4.95. The van der Waals surface area contributed by atoms with Crippen molar-refractivity contribution in [2.45, 2.75) is 69.9 Å². The lowest BCUT2D eigenvalue weighted by atomic mass is 9.84. The fraction of sp³-hybridized carbons (Fsp3) is 0.609. The van der Waals surface area contributed by atoms with Gasteiger partial charge in [0.25, 0.3) is 5.91 Å². The molecule has 1 N–H and O–H groups in total. The molecule has 0 spiro atoms. The summed E-state index contributed by atoms with van der Waals surface area (Å²) in [4.78, 5) is 39.3. The molecule has 3 rings (SSSR count). The minimum Gasteiger partial charge on any atom is -0.469 e. The molecule has 1 heterocycles. The number of rotatable bonds is 8. The first kappa shape index (κ1) is 22.6. The van der Waals surface area contributed by atoms with Crippen molar-refractivity contribution in [1.82, 2.24) is 10.2 Å². The summed E-state index contributed by atoms with van der Waals surface area (Å²) in [5.74, 6) is -0.00155. The smallest absolute Gasteiger partial charge is 0.305 e. The summed E-state index contributed by atoms with van der Waals surface area (Å²) in [6.45, 7) is 0.547. The Morgan fingerprint density at radius 3 is 2.73 bits per heavy atom. The third-order valence-electron chi connectivity index (χ3n) is 6.28. The average Bonchev–Trinajstić information content (AvgIpc) is 3.15. The van der Waals surface area contributed by atoms with Gasteiger partial charge < -0.3 is 15.0 Å². The van der Waals surface area contributed by atoms with Crippen LogP contribution in [0.3, 0.4) is 0 Å². The second-order valence-corrected chi connectivity index (χ2v) is 8.70. The molecule has 2 fully saturated rings. The van der Waals surface area contributed by atoms with E-state index in [-0.39, 0.29) is 23.8 Å². The van der Waals surface area contributed by atoms with Crippen LogP contribution in [-0.2, 0) is 14.3 Å². The van der Waals surface area contributed by atoms with Crippen molar-refractivity contribution in [1.29, 1.82) is 0 Å². The number of ether oxygens (including phenoxy) is 1. The number of esters is 1. The van der Waals surface area contributed by atoms with Gasteiger partial charge in [0.1, 0.15) is 6.04 Å². The minimum absolute atomic E-state index is 0.0762. The summed E-state index contributed by atoms with van der Waals surface area (Å²) in [7, 11) is 1.39. The van der Waals surface area contributed by atoms with Crippen LogP contribution in [0.5, 0.6) is 0 Å². The molecule has 1 aliphatic heterocycles. The van der Waals surface area contributed by atoms with E-state index in [1.807, 2.05) is 4.90 Å². The van der Waals surface area contributed by atoms with Crippen LogP contribution in [-0.4, -0.2) is 48.4 Å². The zero-order chi connectivity index (χ0) is 21.5. The van der Waals surface area contributed by atoms with E-state index in [2.05, 4.69) is 10.1 Å². The molecule has 0 radical (unpaired) electrons. The molecule has 1 aromatic carbocycles. The van der Waals surface area contributed by atoms with E-state index in [0.717, 1.165) is 51.4 Å². The maximum absolute atomic E-state index is 13.3. The Labute approximate surface area is 183 Å². The van der Waals surface area contributed by atoms with E-state index in [0.29, 0.717) is 29.5 Å². The van der Waals surface area contributed by atoms with Crippen LogP contribution in [0.25, 0.3) is 0 Å². The Hall–Kier alpha value is -2.08. The normalized spacial score (nSPS) is 23.0. The summed E-state index contributed by atoms with van der Waals surface area (Å²) in [6, 6.07) is 6.65. The van der Waals surface area contributed by atoms with Crippen molar-refractivity contribution in [2.75, 3.05) is 13.7 Å². The molecule has 30 heavy (non-hydrogen) atoms. The van der Waals surface area contributed by atoms with Gasteiger partial charge in [0.15, 0.2) is 0 Å². The Kier molecular flexibility index (Phi) is 8.14. The molecule has 2 amide bonds. The average molecular weight is 435 g/mol. The predicted molar refractivity (Wildman–Crippen MR) is 115 cm³/mol. The van der Waals surface area contributed by atoms with Gasteiger partial charge in [-0.15, -0.1) is 0 Å². The molecule has 164 valence electrons. The third kappa shape index (κ3) is 5.54. The second kappa shape index (κ2) is 10.8. The molecule has 3 unspecified atom stereocenters. The van der Waals surface area contributed by atoms with Gasteiger partial charge in [-0.2, -0.15) is 0 Å². The van der Waals surface area contributed by atoms with Crippen LogP contribution in [0.2, 0.25) is 5.02 Å². The van der Waals surface area contributed by atoms with Gasteiger partial charge in [-0.05, 0) is 56.2 Å². The van der Waals surface area contributed by atoms with Crippen LogP contribution >= 0.6 is 11.6 Å². The third-order valence-corrected chi connectivity index (χ3v) is 6.52. The number of halogens is 1. The summed E-state index contributed by atoms with van der Waals surface area (Å²) in [5.41, 5.74) is 0.536. The Morgan fingerprint density at radius 1 is 1.17 bits per heavy atom. The number of amides is 2. The number of carbonyl (C=O) groups excluding carboxylic acids is 3. The quantitative estimate of drug-likeness (QED) is 0.496. The standard InChI is InChI=1S/C23H31ClN2O4/c1-30-21(27)12-3-2-6-13-25-22(28)20-15-16-8-4-5-11-19(16)26(20)23(29)17-9-7-10-18(24)14-17/h7,9-10,14,16,19-20H,2-6,8,11-13,15H2,1H3,(H,25,28). The zero-order valence-electron chi connectivity index (χ0n) is 17.6. The molecule has 0 bridgehead atoms. The van der Waals surface area contributed by atoms with Gasteiger partial charge >= 0.3 is 5.97 Å². The van der Waals surface area contributed by atoms with Crippen molar-refractivity contribution < 1.29 is 19.1 Å². The number of fused-ring (bicyclic) bond motifs is 1. The van der Waals surface area contributed by atoms with Gasteiger partial charge in [-0.3, -0.25) is 14.4 Å². The molecule has 2 aliphatic rings. The lowest BCUT2D eigenvalue weighted by Gasteiger charge is -2.33. The van der Waals surface area contributed by atoms with Crippen LogP contribution in [0.4, 0.5) is 0 Å². The Bertz CT molecular complexity index is 769. The van der Waals surface area contributed by atoms with E-state index in [9.17, 15) is 14.4 Å². The largest absolute Gasteiger partial charge is 0.469 e. The van der Waals surface area contributed by atoms with Crippen molar-refractivity contribution in [3.05, 3.63) is 34.9 Å². The van der Waals surface area contributed by atoms with E-state index in [4.69, 9.17) is 11.6 Å². The maximum atomic E-state index is 13.3. The number of methoxy groups -OCH3 is 1. The second-order valence-electron chi connectivity index (χ2n) is 8.26. The van der Waals surface area contributed by atoms with Gasteiger partial charge in [-0.1, -0.05) is 36.9 Å². The molecule has 6 nitrogen and oxygen atoms in total. The molecule has 7 heteroatoms. The molecule has 1 saturated heterocycles. The zero-order valence-corrected chi connectivity index (χ0v) is 18.3. The molecule has 1 aromatic rings. The number of hydrogen-bond donors (Lipinski definition) is 1. The lowest BCUT2D eigenvalue weighted by molar-refractivity contribution is -0.140. The highest BCUT2D eigenvalue weighted by Gasteiger charge is 2.47. The van der Waals surface area contributed by atoms with Crippen molar-refractivity contribution >= 4 is 29.4 Å². The number of hydrogen-bond acceptors (Lipinski definition) is 4. The molecule has 1 aliphatic carbocycles. The van der Waals surface area contributed by atoms with E-state index in [1.165, 1.54) is 7.11 Å². The number of likely N-dealkylation sites (tertiary alicyclic amines) is 1. The summed E-state index contributed by atoms with van der Waals surface area (Å²) in [6.07, 6.45) is 7.79. The predicted octanol–water partition coefficient (Wildman–Crippen LogP) is 3.96. The molecular weight excluding hydrogens is 404 g/mol. The number of benzene rings is 1. The monoisotopic (exact) mass is 434 g/mol. The van der Waals surface area contributed by atoms with Crippen LogP contribution < -0.4 is 5.32 Å². The Balaban J connectivity index is 1.60. The van der Waals surface area contributed by atoms with Crippen LogP contribution in [0, 0.1) is 5.92 Å². The molecule has 3 atom stereocenters. The molecular formula is C23H31ClN2O4. The summed E-state index contributed by atoms with van der Waals surface area (Å²) in [5, 5.41) is 3.53. The van der Waals surface area contributed by atoms with E-state index in [1.54, 1.807) is 24.3 Å². The number of nitrogens with one attached hydrogen (secondary N) is 1.